The summed E-state index contributed by atoms with van der Waals surface area (Å²) in [4.78, 5) is 12.4. The molecule has 1 amide bonds. The summed E-state index contributed by atoms with van der Waals surface area (Å²) >= 11 is 0. The molecule has 0 radical (unpaired) electrons. The highest BCUT2D eigenvalue weighted by Gasteiger charge is 2.39. The quantitative estimate of drug-likeness (QED) is 0.698. The number of nitrogens with one attached hydrogen (secondary N) is 3. The largest absolute Gasteiger partial charge is 0.416 e. The van der Waals surface area contributed by atoms with Crippen LogP contribution in [0.4, 0.5) is 18.9 Å². The number of benzene rings is 1. The van der Waals surface area contributed by atoms with E-state index in [1.54, 1.807) is 0 Å². The smallest absolute Gasteiger partial charge is 0.385 e. The Morgan fingerprint density at radius 1 is 1.27 bits per heavy atom. The number of halogens is 3. The fourth-order valence-electron chi connectivity index (χ4n) is 4.17. The molecule has 26 heavy (non-hydrogen) atoms. The zero-order valence-corrected chi connectivity index (χ0v) is 15.0. The lowest BCUT2D eigenvalue weighted by atomic mass is 9.68. The molecule has 0 aromatic heterocycles. The molecule has 0 bridgehead atoms. The van der Waals surface area contributed by atoms with Crippen LogP contribution in [-0.2, 0) is 11.0 Å². The Morgan fingerprint density at radius 3 is 2.81 bits per heavy atom. The minimum Gasteiger partial charge on any atom is -0.385 e. The number of amides is 1. The van der Waals surface area contributed by atoms with Crippen molar-refractivity contribution >= 4 is 11.6 Å². The third-order valence-electron chi connectivity index (χ3n) is 5.60. The van der Waals surface area contributed by atoms with Gasteiger partial charge in [0, 0.05) is 24.7 Å². The van der Waals surface area contributed by atoms with E-state index < -0.39 is 11.7 Å². The van der Waals surface area contributed by atoms with Crippen LogP contribution < -0.4 is 16.0 Å². The van der Waals surface area contributed by atoms with E-state index in [9.17, 15) is 18.0 Å². The number of carbonyl (C=O) groups excluding carboxylic acids is 1. The Labute approximate surface area is 151 Å². The molecule has 1 heterocycles. The van der Waals surface area contributed by atoms with E-state index in [1.807, 2.05) is 7.05 Å². The van der Waals surface area contributed by atoms with E-state index in [4.69, 9.17) is 0 Å². The molecule has 4 nitrogen and oxygen atoms in total. The maximum atomic E-state index is 13.1. The summed E-state index contributed by atoms with van der Waals surface area (Å²) in [7, 11) is 1.87. The Balaban J connectivity index is 1.72. The van der Waals surface area contributed by atoms with Gasteiger partial charge in [-0.2, -0.15) is 13.2 Å². The van der Waals surface area contributed by atoms with Crippen molar-refractivity contribution in [1.82, 2.24) is 10.6 Å². The third-order valence-corrected chi connectivity index (χ3v) is 5.60. The van der Waals surface area contributed by atoms with Crippen molar-refractivity contribution in [3.63, 3.8) is 0 Å². The van der Waals surface area contributed by atoms with Gasteiger partial charge in [-0.1, -0.05) is 0 Å². The highest BCUT2D eigenvalue weighted by Crippen LogP contribution is 2.47. The van der Waals surface area contributed by atoms with Crippen molar-refractivity contribution in [2.24, 2.45) is 11.8 Å². The topological polar surface area (TPSA) is 53.2 Å². The van der Waals surface area contributed by atoms with E-state index in [0.717, 1.165) is 44.1 Å². The second-order valence-electron chi connectivity index (χ2n) is 7.31. The maximum absolute atomic E-state index is 13.1. The molecule has 0 saturated heterocycles. The second-order valence-corrected chi connectivity index (χ2v) is 7.31. The molecule has 1 aromatic rings. The SMILES string of the molecule is CNCCCNC(=O)C1CCC2CNc3ccc(C(F)(F)F)cc3C2C1. The Kier molecular flexibility index (Phi) is 5.75. The molecular weight excluding hydrogens is 343 g/mol. The van der Waals surface area contributed by atoms with Gasteiger partial charge < -0.3 is 16.0 Å². The van der Waals surface area contributed by atoms with Crippen molar-refractivity contribution in [3.8, 4) is 0 Å². The summed E-state index contributed by atoms with van der Waals surface area (Å²) in [6.07, 6.45) is -1.20. The lowest BCUT2D eigenvalue weighted by Gasteiger charge is -2.40. The second kappa shape index (κ2) is 7.86. The molecule has 2 aliphatic rings. The molecule has 7 heteroatoms. The highest BCUT2D eigenvalue weighted by molar-refractivity contribution is 5.79. The molecule has 1 aliphatic carbocycles. The highest BCUT2D eigenvalue weighted by atomic mass is 19.4. The number of rotatable bonds is 5. The first-order valence-corrected chi connectivity index (χ1v) is 9.27. The van der Waals surface area contributed by atoms with Crippen molar-refractivity contribution in [2.45, 2.75) is 37.8 Å². The first-order chi connectivity index (χ1) is 12.4. The average Bonchev–Trinajstić information content (AvgIpc) is 2.63. The summed E-state index contributed by atoms with van der Waals surface area (Å²) in [5.74, 6) is 0.215. The Bertz CT molecular complexity index is 647. The van der Waals surface area contributed by atoms with Gasteiger partial charge in [-0.05, 0) is 74.9 Å². The Hall–Kier alpha value is -1.76. The molecule has 3 unspecified atom stereocenters. The number of hydrogen-bond acceptors (Lipinski definition) is 3. The van der Waals surface area contributed by atoms with E-state index in [1.165, 1.54) is 12.1 Å². The number of fused-ring (bicyclic) bond motifs is 3. The van der Waals surface area contributed by atoms with Crippen LogP contribution in [0.15, 0.2) is 18.2 Å². The average molecular weight is 369 g/mol. The summed E-state index contributed by atoms with van der Waals surface area (Å²) in [5, 5.41) is 9.26. The molecular formula is C19H26F3N3O. The van der Waals surface area contributed by atoms with E-state index >= 15 is 0 Å². The van der Waals surface area contributed by atoms with Crippen molar-refractivity contribution in [1.29, 1.82) is 0 Å². The van der Waals surface area contributed by atoms with Crippen LogP contribution in [0, 0.1) is 11.8 Å². The van der Waals surface area contributed by atoms with Crippen molar-refractivity contribution < 1.29 is 18.0 Å². The first kappa shape index (κ1) is 19.0. The van der Waals surface area contributed by atoms with E-state index in [0.29, 0.717) is 24.4 Å². The minimum absolute atomic E-state index is 0.00959. The van der Waals surface area contributed by atoms with Crippen LogP contribution in [0.25, 0.3) is 0 Å². The summed E-state index contributed by atoms with van der Waals surface area (Å²) in [6, 6.07) is 3.92. The molecule has 3 rings (SSSR count). The maximum Gasteiger partial charge on any atom is 0.416 e. The van der Waals surface area contributed by atoms with Crippen LogP contribution >= 0.6 is 0 Å². The van der Waals surface area contributed by atoms with Gasteiger partial charge in [0.05, 0.1) is 5.56 Å². The zero-order valence-electron chi connectivity index (χ0n) is 15.0. The number of hydrogen-bond donors (Lipinski definition) is 3. The molecule has 3 N–H and O–H groups in total. The monoisotopic (exact) mass is 369 g/mol. The fraction of sp³-hybridized carbons (Fsp3) is 0.632. The van der Waals surface area contributed by atoms with Gasteiger partial charge in [-0.3, -0.25) is 4.79 Å². The fourth-order valence-corrected chi connectivity index (χ4v) is 4.17. The van der Waals surface area contributed by atoms with Gasteiger partial charge in [-0.15, -0.1) is 0 Å². The van der Waals surface area contributed by atoms with Crippen LogP contribution in [0.2, 0.25) is 0 Å². The van der Waals surface area contributed by atoms with Gasteiger partial charge in [0.2, 0.25) is 5.91 Å². The predicted molar refractivity (Wildman–Crippen MR) is 95.1 cm³/mol. The number of carbonyl (C=O) groups is 1. The van der Waals surface area contributed by atoms with Crippen LogP contribution in [0.1, 0.15) is 42.7 Å². The molecule has 1 saturated carbocycles. The van der Waals surface area contributed by atoms with Crippen molar-refractivity contribution in [2.75, 3.05) is 32.0 Å². The van der Waals surface area contributed by atoms with Crippen LogP contribution in [0.5, 0.6) is 0 Å². The standard InChI is InChI=1S/C19H26F3N3O/c1-23-7-2-8-24-18(26)12-3-4-13-11-25-17-6-5-14(19(20,21)22)10-16(17)15(13)9-12/h5-6,10,12-13,15,23,25H,2-4,7-9,11H2,1H3,(H,24,26). The predicted octanol–water partition coefficient (Wildman–Crippen LogP) is 3.36. The summed E-state index contributed by atoms with van der Waals surface area (Å²) < 4.78 is 39.3. The number of anilines is 1. The normalized spacial score (nSPS) is 25.0. The zero-order chi connectivity index (χ0) is 18.7. The summed E-state index contributed by atoms with van der Waals surface area (Å²) in [5.41, 5.74) is 0.871. The molecule has 1 fully saturated rings. The van der Waals surface area contributed by atoms with Gasteiger partial charge in [0.25, 0.3) is 0 Å². The van der Waals surface area contributed by atoms with Gasteiger partial charge >= 0.3 is 6.18 Å². The van der Waals surface area contributed by atoms with E-state index in [-0.39, 0.29) is 17.7 Å². The van der Waals surface area contributed by atoms with Gasteiger partial charge in [0.1, 0.15) is 0 Å². The third kappa shape index (κ3) is 4.14. The van der Waals surface area contributed by atoms with E-state index in [2.05, 4.69) is 16.0 Å². The molecule has 1 aliphatic heterocycles. The molecule has 0 spiro atoms. The minimum atomic E-state index is -4.35. The first-order valence-electron chi connectivity index (χ1n) is 9.27. The number of alkyl halides is 3. The van der Waals surface area contributed by atoms with Crippen LogP contribution in [0.3, 0.4) is 0 Å². The molecule has 1 aromatic carbocycles. The van der Waals surface area contributed by atoms with Crippen molar-refractivity contribution in [3.05, 3.63) is 29.3 Å². The van der Waals surface area contributed by atoms with Gasteiger partial charge in [0.15, 0.2) is 0 Å². The Morgan fingerprint density at radius 2 is 2.08 bits per heavy atom. The lowest BCUT2D eigenvalue weighted by Crippen LogP contribution is -2.39. The lowest BCUT2D eigenvalue weighted by molar-refractivity contribution is -0.137. The van der Waals surface area contributed by atoms with Gasteiger partial charge in [-0.25, -0.2) is 0 Å². The van der Waals surface area contributed by atoms with Crippen LogP contribution in [-0.4, -0.2) is 32.6 Å². The molecule has 144 valence electrons. The summed E-state index contributed by atoms with van der Waals surface area (Å²) in [6.45, 7) is 2.23. The molecule has 3 atom stereocenters.